The molecule has 0 spiro atoms. The standard InChI is InChI=1S/C21H25N3O3/c1-11(2)19-21(26)23-16(10-27-13(4)25)8-15-9-22-17-6-5-14-7-12(3)24(19)20(14)18(15)17/h5-7,9,11,16,19,22H,8,10H2,1-4H3,(H,23,26)/t16-,19-/m0/s1. The number of hydrogen-bond acceptors (Lipinski definition) is 3. The second-order valence-corrected chi connectivity index (χ2v) is 7.80. The third kappa shape index (κ3) is 2.89. The Bertz CT molecular complexity index is 1040. The van der Waals surface area contributed by atoms with Crippen molar-refractivity contribution in [2.75, 3.05) is 6.61 Å². The number of nitrogens with one attached hydrogen (secondary N) is 2. The Balaban J connectivity index is 1.96. The second-order valence-electron chi connectivity index (χ2n) is 7.80. The fourth-order valence-corrected chi connectivity index (χ4v) is 4.30. The topological polar surface area (TPSA) is 76.1 Å². The van der Waals surface area contributed by atoms with Crippen LogP contribution in [0, 0.1) is 12.8 Å². The maximum atomic E-state index is 13.2. The highest BCUT2D eigenvalue weighted by Crippen LogP contribution is 2.36. The summed E-state index contributed by atoms with van der Waals surface area (Å²) in [5.74, 6) is -0.258. The van der Waals surface area contributed by atoms with Gasteiger partial charge in [0, 0.05) is 35.1 Å². The zero-order chi connectivity index (χ0) is 19.3. The smallest absolute Gasteiger partial charge is 0.302 e. The van der Waals surface area contributed by atoms with E-state index in [0.717, 1.165) is 33.1 Å². The fraction of sp³-hybridized carbons (Fsp3) is 0.429. The quantitative estimate of drug-likeness (QED) is 0.698. The molecule has 2 aromatic heterocycles. The van der Waals surface area contributed by atoms with E-state index in [0.29, 0.717) is 6.42 Å². The molecule has 6 nitrogen and oxygen atoms in total. The van der Waals surface area contributed by atoms with Crippen LogP contribution in [0.4, 0.5) is 0 Å². The summed E-state index contributed by atoms with van der Waals surface area (Å²) in [7, 11) is 0. The Hall–Kier alpha value is -2.76. The SMILES string of the molecule is CC(=O)OC[C@@H]1Cc2c[nH]c3ccc4cc(C)n(c4c23)[C@@H](C(C)C)C(=O)N1. The maximum Gasteiger partial charge on any atom is 0.302 e. The zero-order valence-electron chi connectivity index (χ0n) is 16.1. The van der Waals surface area contributed by atoms with E-state index < -0.39 is 0 Å². The Kier molecular flexibility index (Phi) is 4.21. The lowest BCUT2D eigenvalue weighted by Gasteiger charge is -2.26. The third-order valence-corrected chi connectivity index (χ3v) is 5.40. The van der Waals surface area contributed by atoms with E-state index in [2.05, 4.69) is 53.8 Å². The van der Waals surface area contributed by atoms with Crippen LogP contribution in [-0.2, 0) is 20.7 Å². The first-order valence-electron chi connectivity index (χ1n) is 9.41. The molecule has 3 aromatic rings. The highest BCUT2D eigenvalue weighted by Gasteiger charge is 2.31. The molecule has 1 aromatic carbocycles. The number of amides is 1. The van der Waals surface area contributed by atoms with Crippen LogP contribution in [-0.4, -0.2) is 34.1 Å². The van der Waals surface area contributed by atoms with Crippen LogP contribution in [0.1, 0.15) is 38.1 Å². The zero-order valence-corrected chi connectivity index (χ0v) is 16.1. The number of aromatic nitrogens is 2. The van der Waals surface area contributed by atoms with E-state index in [-0.39, 0.29) is 36.5 Å². The van der Waals surface area contributed by atoms with Gasteiger partial charge in [0.15, 0.2) is 0 Å². The summed E-state index contributed by atoms with van der Waals surface area (Å²) in [5.41, 5.74) is 4.34. The summed E-state index contributed by atoms with van der Waals surface area (Å²) in [5, 5.41) is 5.41. The average molecular weight is 367 g/mol. The second kappa shape index (κ2) is 6.44. The molecule has 0 unspecified atom stereocenters. The molecular weight excluding hydrogens is 342 g/mol. The number of esters is 1. The van der Waals surface area contributed by atoms with Gasteiger partial charge in [0.05, 0.1) is 11.6 Å². The molecule has 1 amide bonds. The molecule has 0 fully saturated rings. The highest BCUT2D eigenvalue weighted by atomic mass is 16.5. The van der Waals surface area contributed by atoms with Crippen LogP contribution in [0.5, 0.6) is 0 Å². The first kappa shape index (κ1) is 17.6. The van der Waals surface area contributed by atoms with E-state index in [1.807, 2.05) is 6.20 Å². The lowest BCUT2D eigenvalue weighted by atomic mass is 10.0. The monoisotopic (exact) mass is 367 g/mol. The van der Waals surface area contributed by atoms with Crippen molar-refractivity contribution >= 4 is 33.7 Å². The van der Waals surface area contributed by atoms with E-state index in [1.165, 1.54) is 6.92 Å². The Morgan fingerprint density at radius 2 is 2.15 bits per heavy atom. The molecule has 2 atom stereocenters. The first-order chi connectivity index (χ1) is 12.9. The predicted octanol–water partition coefficient (Wildman–Crippen LogP) is 3.23. The Labute approximate surface area is 157 Å². The van der Waals surface area contributed by atoms with Crippen LogP contribution in [0.2, 0.25) is 0 Å². The van der Waals surface area contributed by atoms with Gasteiger partial charge >= 0.3 is 5.97 Å². The van der Waals surface area contributed by atoms with Gasteiger partial charge in [0.1, 0.15) is 12.6 Å². The molecule has 0 radical (unpaired) electrons. The molecule has 4 rings (SSSR count). The van der Waals surface area contributed by atoms with Gasteiger partial charge in [0.2, 0.25) is 5.91 Å². The van der Waals surface area contributed by atoms with Crippen LogP contribution >= 0.6 is 0 Å². The van der Waals surface area contributed by atoms with Crippen molar-refractivity contribution in [1.29, 1.82) is 0 Å². The minimum atomic E-state index is -0.340. The Morgan fingerprint density at radius 3 is 2.85 bits per heavy atom. The van der Waals surface area contributed by atoms with E-state index in [4.69, 9.17) is 4.74 Å². The van der Waals surface area contributed by atoms with E-state index >= 15 is 0 Å². The number of benzene rings is 1. The minimum absolute atomic E-state index is 0.0334. The van der Waals surface area contributed by atoms with Crippen molar-refractivity contribution in [3.63, 3.8) is 0 Å². The summed E-state index contributed by atoms with van der Waals surface area (Å²) in [6.45, 7) is 7.73. The number of nitrogens with zero attached hydrogens (tertiary/aromatic N) is 1. The number of carbonyl (C=O) groups is 2. The molecular formula is C21H25N3O3. The van der Waals surface area contributed by atoms with Gasteiger partial charge in [-0.15, -0.1) is 0 Å². The molecule has 0 saturated carbocycles. The van der Waals surface area contributed by atoms with Gasteiger partial charge in [-0.2, -0.15) is 0 Å². The van der Waals surface area contributed by atoms with Gasteiger partial charge in [-0.25, -0.2) is 0 Å². The van der Waals surface area contributed by atoms with Gasteiger partial charge in [-0.3, -0.25) is 9.59 Å². The van der Waals surface area contributed by atoms with Crippen molar-refractivity contribution < 1.29 is 14.3 Å². The Morgan fingerprint density at radius 1 is 1.37 bits per heavy atom. The number of H-pyrrole nitrogens is 1. The first-order valence-corrected chi connectivity index (χ1v) is 9.41. The maximum absolute atomic E-state index is 13.2. The van der Waals surface area contributed by atoms with Crippen molar-refractivity contribution in [3.8, 4) is 0 Å². The minimum Gasteiger partial charge on any atom is -0.464 e. The molecule has 142 valence electrons. The fourth-order valence-electron chi connectivity index (χ4n) is 4.30. The van der Waals surface area contributed by atoms with Crippen LogP contribution < -0.4 is 5.32 Å². The van der Waals surface area contributed by atoms with Crippen molar-refractivity contribution in [3.05, 3.63) is 35.7 Å². The molecule has 6 heteroatoms. The van der Waals surface area contributed by atoms with Crippen LogP contribution in [0.15, 0.2) is 24.4 Å². The third-order valence-electron chi connectivity index (χ3n) is 5.40. The molecule has 0 saturated heterocycles. The number of aromatic amines is 1. The summed E-state index contributed by atoms with van der Waals surface area (Å²) >= 11 is 0. The van der Waals surface area contributed by atoms with Crippen molar-refractivity contribution in [2.45, 2.75) is 46.2 Å². The predicted molar refractivity (Wildman–Crippen MR) is 105 cm³/mol. The molecule has 1 aliphatic heterocycles. The number of aryl methyl sites for hydroxylation is 1. The number of carbonyl (C=O) groups excluding carboxylic acids is 2. The summed E-state index contributed by atoms with van der Waals surface area (Å²) < 4.78 is 7.39. The van der Waals surface area contributed by atoms with Gasteiger partial charge in [0.25, 0.3) is 0 Å². The number of ether oxygens (including phenoxy) is 1. The molecule has 0 bridgehead atoms. The lowest BCUT2D eigenvalue weighted by molar-refractivity contribution is -0.142. The number of hydrogen-bond donors (Lipinski definition) is 2. The van der Waals surface area contributed by atoms with E-state index in [1.54, 1.807) is 0 Å². The molecule has 1 aliphatic rings. The van der Waals surface area contributed by atoms with Gasteiger partial charge in [-0.05, 0) is 37.0 Å². The number of rotatable bonds is 3. The van der Waals surface area contributed by atoms with Crippen molar-refractivity contribution in [2.24, 2.45) is 5.92 Å². The molecule has 3 heterocycles. The highest BCUT2D eigenvalue weighted by molar-refractivity contribution is 6.08. The average Bonchev–Trinajstić information content (AvgIpc) is 3.14. The normalized spacial score (nSPS) is 20.0. The van der Waals surface area contributed by atoms with E-state index in [9.17, 15) is 9.59 Å². The van der Waals surface area contributed by atoms with Crippen LogP contribution in [0.3, 0.4) is 0 Å². The largest absolute Gasteiger partial charge is 0.464 e. The van der Waals surface area contributed by atoms with Crippen molar-refractivity contribution in [1.82, 2.24) is 14.9 Å². The summed E-state index contributed by atoms with van der Waals surface area (Å²) in [4.78, 5) is 27.9. The van der Waals surface area contributed by atoms with Gasteiger partial charge in [-0.1, -0.05) is 19.9 Å². The summed E-state index contributed by atoms with van der Waals surface area (Å²) in [6, 6.07) is 5.75. The molecule has 0 aliphatic carbocycles. The van der Waals surface area contributed by atoms with Crippen LogP contribution in [0.25, 0.3) is 21.8 Å². The lowest BCUT2D eigenvalue weighted by Crippen LogP contribution is -2.44. The summed E-state index contributed by atoms with van der Waals surface area (Å²) in [6.07, 6.45) is 2.60. The molecule has 27 heavy (non-hydrogen) atoms. The van der Waals surface area contributed by atoms with Gasteiger partial charge < -0.3 is 19.6 Å². The molecule has 2 N–H and O–H groups in total.